The number of rotatable bonds is 6. The summed E-state index contributed by atoms with van der Waals surface area (Å²) in [6.45, 7) is 12.9. The molecule has 22 heavy (non-hydrogen) atoms. The highest BCUT2D eigenvalue weighted by Gasteiger charge is 2.41. The van der Waals surface area contributed by atoms with Crippen molar-refractivity contribution in [3.8, 4) is 0 Å². The Morgan fingerprint density at radius 3 is 1.91 bits per heavy atom. The third-order valence-electron chi connectivity index (χ3n) is 3.45. The highest BCUT2D eigenvalue weighted by Crippen LogP contribution is 2.27. The van der Waals surface area contributed by atoms with Crippen LogP contribution >= 0.6 is 11.6 Å². The minimum absolute atomic E-state index is 0.0405. The van der Waals surface area contributed by atoms with Gasteiger partial charge in [-0.2, -0.15) is 0 Å². The fraction of sp³-hybridized carbons (Fsp3) is 0.562. The van der Waals surface area contributed by atoms with E-state index in [0.717, 1.165) is 5.69 Å². The van der Waals surface area contributed by atoms with E-state index in [2.05, 4.69) is 39.3 Å². The largest absolute Gasteiger partial charge is 0.365 e. The number of amides is 1. The lowest BCUT2D eigenvalue weighted by Gasteiger charge is -2.40. The fourth-order valence-corrected chi connectivity index (χ4v) is 5.05. The average Bonchev–Trinajstić information content (AvgIpc) is 2.41. The molecule has 0 aromatic heterocycles. The molecule has 0 aliphatic heterocycles. The Labute approximate surface area is 141 Å². The summed E-state index contributed by atoms with van der Waals surface area (Å²) in [5.74, 6) is -0.277. The first-order chi connectivity index (χ1) is 10.00. The van der Waals surface area contributed by atoms with Crippen molar-refractivity contribution in [1.82, 2.24) is 0 Å². The first kappa shape index (κ1) is 19.4. The van der Waals surface area contributed by atoms with E-state index in [1.807, 2.05) is 30.3 Å². The number of carbonyl (C=O) groups excluding carboxylic acids is 1. The van der Waals surface area contributed by atoms with E-state index in [9.17, 15) is 4.79 Å². The molecule has 1 aromatic rings. The molecular weight excluding hydrogens is 330 g/mol. The molecule has 0 bridgehead atoms. The van der Waals surface area contributed by atoms with E-state index < -0.39 is 21.1 Å². The molecule has 0 N–H and O–H groups in total. The molecule has 0 saturated carbocycles. The number of benzene rings is 1. The number of hydrogen-bond acceptors (Lipinski definition) is 2. The molecule has 6 heteroatoms. The molecule has 0 fully saturated rings. The van der Waals surface area contributed by atoms with Gasteiger partial charge in [0.15, 0.2) is 0 Å². The maximum atomic E-state index is 13.1. The van der Waals surface area contributed by atoms with Gasteiger partial charge in [-0.25, -0.2) is 0 Å². The topological polar surface area (TPSA) is 29.5 Å². The second-order valence-corrected chi connectivity index (χ2v) is 19.1. The second-order valence-electron chi connectivity index (χ2n) is 7.73. The van der Waals surface area contributed by atoms with E-state index in [4.69, 9.17) is 16.3 Å². The summed E-state index contributed by atoms with van der Waals surface area (Å²) in [7, 11) is -1.89. The van der Waals surface area contributed by atoms with Crippen LogP contribution in [0.2, 0.25) is 39.3 Å². The molecule has 0 spiro atoms. The minimum Gasteiger partial charge on any atom is -0.365 e. The number of para-hydroxylation sites is 1. The van der Waals surface area contributed by atoms with Gasteiger partial charge < -0.3 is 4.74 Å². The van der Waals surface area contributed by atoms with Gasteiger partial charge in [-0.15, -0.1) is 11.6 Å². The zero-order valence-electron chi connectivity index (χ0n) is 14.7. The Balaban J connectivity index is 3.32. The molecule has 0 aliphatic carbocycles. The van der Waals surface area contributed by atoms with Crippen molar-refractivity contribution in [3.05, 3.63) is 30.3 Å². The van der Waals surface area contributed by atoms with Gasteiger partial charge in [0.05, 0.1) is 8.07 Å². The van der Waals surface area contributed by atoms with Crippen LogP contribution in [-0.4, -0.2) is 40.0 Å². The van der Waals surface area contributed by atoms with Gasteiger partial charge in [0.1, 0.15) is 18.9 Å². The van der Waals surface area contributed by atoms with Gasteiger partial charge in [-0.1, -0.05) is 57.5 Å². The van der Waals surface area contributed by atoms with Gasteiger partial charge >= 0.3 is 0 Å². The number of carbonyl (C=O) groups is 1. The SMILES string of the molecule is COC(N(C(=O)C(Cl)[Si](C)(C)C)c1ccccc1)[Si](C)(C)C. The summed E-state index contributed by atoms with van der Waals surface area (Å²) in [6, 6.07) is 9.70. The van der Waals surface area contributed by atoms with Crippen LogP contribution in [0.4, 0.5) is 5.69 Å². The molecule has 0 heterocycles. The molecule has 1 aromatic carbocycles. The molecule has 3 nitrogen and oxygen atoms in total. The molecular formula is C16H28ClNO2Si2. The predicted octanol–water partition coefficient (Wildman–Crippen LogP) is 4.35. The number of anilines is 1. The zero-order valence-corrected chi connectivity index (χ0v) is 17.4. The lowest BCUT2D eigenvalue weighted by molar-refractivity contribution is -0.118. The quantitative estimate of drug-likeness (QED) is 0.430. The van der Waals surface area contributed by atoms with E-state index in [-0.39, 0.29) is 11.8 Å². The molecule has 2 atom stereocenters. The van der Waals surface area contributed by atoms with Crippen LogP contribution in [0.3, 0.4) is 0 Å². The van der Waals surface area contributed by atoms with E-state index >= 15 is 0 Å². The number of ether oxygens (including phenoxy) is 1. The molecule has 2 unspecified atom stereocenters. The maximum absolute atomic E-state index is 13.1. The number of hydrogen-bond donors (Lipinski definition) is 0. The molecule has 0 radical (unpaired) electrons. The van der Waals surface area contributed by atoms with Crippen molar-refractivity contribution in [3.63, 3.8) is 0 Å². The van der Waals surface area contributed by atoms with Crippen molar-refractivity contribution in [2.45, 2.75) is 50.1 Å². The van der Waals surface area contributed by atoms with Crippen LogP contribution in [0, 0.1) is 0 Å². The average molecular weight is 358 g/mol. The number of alkyl halides is 1. The van der Waals surface area contributed by atoms with Crippen LogP contribution in [-0.2, 0) is 9.53 Å². The summed E-state index contributed by atoms with van der Waals surface area (Å²) < 4.78 is 5.74. The van der Waals surface area contributed by atoms with E-state index in [1.54, 1.807) is 12.0 Å². The summed E-state index contributed by atoms with van der Waals surface area (Å²) >= 11 is 6.53. The standard InChI is InChI=1S/C16H28ClNO2Si2/c1-20-16(22(5,6)7)18(13-11-9-8-10-12-13)15(19)14(17)21(2,3)4/h8-12,14,16H,1-7H3. The van der Waals surface area contributed by atoms with Crippen LogP contribution < -0.4 is 4.90 Å². The lowest BCUT2D eigenvalue weighted by atomic mass is 10.3. The Kier molecular flexibility index (Phi) is 6.44. The molecule has 1 rings (SSSR count). The summed E-state index contributed by atoms with van der Waals surface area (Å²) in [4.78, 5) is 14.9. The third kappa shape index (κ3) is 4.68. The second kappa shape index (κ2) is 7.30. The summed E-state index contributed by atoms with van der Waals surface area (Å²) in [5, 5.41) is -0.471. The Hall–Kier alpha value is -0.626. The molecule has 0 aliphatic rings. The third-order valence-corrected chi connectivity index (χ3v) is 9.34. The predicted molar refractivity (Wildman–Crippen MR) is 101 cm³/mol. The van der Waals surface area contributed by atoms with Gasteiger partial charge in [0.25, 0.3) is 0 Å². The number of methoxy groups -OCH3 is 1. The number of halogens is 1. The molecule has 124 valence electrons. The summed E-state index contributed by atoms with van der Waals surface area (Å²) in [6.07, 6.45) is 0. The van der Waals surface area contributed by atoms with Crippen molar-refractivity contribution in [2.75, 3.05) is 12.0 Å². The van der Waals surface area contributed by atoms with Crippen LogP contribution in [0.5, 0.6) is 0 Å². The Bertz CT molecular complexity index is 497. The van der Waals surface area contributed by atoms with Crippen LogP contribution in [0.25, 0.3) is 0 Å². The van der Waals surface area contributed by atoms with Crippen molar-refractivity contribution >= 4 is 39.3 Å². The highest BCUT2D eigenvalue weighted by molar-refractivity contribution is 6.88. The number of nitrogens with zero attached hydrogens (tertiary/aromatic N) is 1. The minimum atomic E-state index is -1.80. The fourth-order valence-electron chi connectivity index (χ4n) is 2.31. The first-order valence-electron chi connectivity index (χ1n) is 7.55. The monoisotopic (exact) mass is 357 g/mol. The summed E-state index contributed by atoms with van der Waals surface area (Å²) in [5.41, 5.74) is 0.852. The van der Waals surface area contributed by atoms with Crippen LogP contribution in [0.15, 0.2) is 30.3 Å². The molecule has 1 amide bonds. The Morgan fingerprint density at radius 1 is 1.05 bits per heavy atom. The van der Waals surface area contributed by atoms with Gasteiger partial charge in [0.2, 0.25) is 5.91 Å². The van der Waals surface area contributed by atoms with E-state index in [1.165, 1.54) is 0 Å². The van der Waals surface area contributed by atoms with Crippen molar-refractivity contribution < 1.29 is 9.53 Å². The van der Waals surface area contributed by atoms with Crippen molar-refractivity contribution in [2.24, 2.45) is 0 Å². The van der Waals surface area contributed by atoms with Gasteiger partial charge in [-0.05, 0) is 12.1 Å². The smallest absolute Gasteiger partial charge is 0.243 e. The first-order valence-corrected chi connectivity index (χ1v) is 15.1. The van der Waals surface area contributed by atoms with Crippen molar-refractivity contribution in [1.29, 1.82) is 0 Å². The zero-order chi connectivity index (χ0) is 17.1. The van der Waals surface area contributed by atoms with E-state index in [0.29, 0.717) is 0 Å². The van der Waals surface area contributed by atoms with Gasteiger partial charge in [-0.3, -0.25) is 9.69 Å². The lowest BCUT2D eigenvalue weighted by Crippen LogP contribution is -2.59. The maximum Gasteiger partial charge on any atom is 0.243 e. The molecule has 0 saturated heterocycles. The van der Waals surface area contributed by atoms with Crippen LogP contribution in [0.1, 0.15) is 0 Å². The highest BCUT2D eigenvalue weighted by atomic mass is 35.5. The van der Waals surface area contributed by atoms with Gasteiger partial charge in [0, 0.05) is 12.8 Å². The Morgan fingerprint density at radius 2 is 1.55 bits per heavy atom. The normalized spacial score (nSPS) is 15.3.